The summed E-state index contributed by atoms with van der Waals surface area (Å²) in [6.45, 7) is 0.508. The maximum atomic E-state index is 5.92. The molecule has 0 atom stereocenters. The van der Waals surface area contributed by atoms with E-state index in [1.807, 2.05) is 65.5 Å². The van der Waals surface area contributed by atoms with Crippen LogP contribution in [0.3, 0.4) is 0 Å². The minimum absolute atomic E-state index is 0. The van der Waals surface area contributed by atoms with Crippen molar-refractivity contribution in [3.05, 3.63) is 72.6 Å². The SMILES string of the molecule is COc1ccc(NC(N)=NCc2ccc(-n3cccn3)cc2)cc1.I. The Kier molecular flexibility index (Phi) is 6.81. The van der Waals surface area contributed by atoms with Crippen molar-refractivity contribution in [1.82, 2.24) is 9.78 Å². The van der Waals surface area contributed by atoms with E-state index in [2.05, 4.69) is 15.4 Å². The molecule has 1 heterocycles. The molecule has 1 aromatic heterocycles. The maximum Gasteiger partial charge on any atom is 0.193 e. The summed E-state index contributed by atoms with van der Waals surface area (Å²) in [5, 5.41) is 7.26. The molecule has 3 N–H and O–H groups in total. The molecule has 0 aliphatic heterocycles. The van der Waals surface area contributed by atoms with Gasteiger partial charge >= 0.3 is 0 Å². The molecule has 130 valence electrons. The molecule has 3 aromatic rings. The van der Waals surface area contributed by atoms with Crippen molar-refractivity contribution in [2.75, 3.05) is 12.4 Å². The molecule has 0 fully saturated rings. The number of benzene rings is 2. The second-order valence-corrected chi connectivity index (χ2v) is 5.17. The Morgan fingerprint density at radius 1 is 1.16 bits per heavy atom. The van der Waals surface area contributed by atoms with Crippen molar-refractivity contribution < 1.29 is 4.74 Å². The smallest absolute Gasteiger partial charge is 0.193 e. The van der Waals surface area contributed by atoms with Gasteiger partial charge in [-0.1, -0.05) is 12.1 Å². The summed E-state index contributed by atoms with van der Waals surface area (Å²) in [5.41, 5.74) is 8.88. The number of aromatic nitrogens is 2. The Morgan fingerprint density at radius 3 is 2.48 bits per heavy atom. The van der Waals surface area contributed by atoms with Gasteiger partial charge in [0.25, 0.3) is 0 Å². The normalized spacial score (nSPS) is 10.8. The van der Waals surface area contributed by atoms with Gasteiger partial charge in [0.15, 0.2) is 5.96 Å². The topological polar surface area (TPSA) is 77.5 Å². The second-order valence-electron chi connectivity index (χ2n) is 5.17. The Bertz CT molecular complexity index is 798. The first-order valence-corrected chi connectivity index (χ1v) is 7.54. The van der Waals surface area contributed by atoms with Crippen molar-refractivity contribution in [2.45, 2.75) is 6.54 Å². The molecular formula is C18H20IN5O. The van der Waals surface area contributed by atoms with Gasteiger partial charge in [-0.15, -0.1) is 24.0 Å². The van der Waals surface area contributed by atoms with Crippen molar-refractivity contribution in [3.8, 4) is 11.4 Å². The highest BCUT2D eigenvalue weighted by Crippen LogP contribution is 2.15. The highest BCUT2D eigenvalue weighted by molar-refractivity contribution is 14.0. The van der Waals surface area contributed by atoms with E-state index in [0.717, 1.165) is 22.7 Å². The predicted molar refractivity (Wildman–Crippen MR) is 111 cm³/mol. The molecule has 0 amide bonds. The molecule has 2 aromatic carbocycles. The van der Waals surface area contributed by atoms with Crippen LogP contribution < -0.4 is 15.8 Å². The minimum Gasteiger partial charge on any atom is -0.497 e. The van der Waals surface area contributed by atoms with Gasteiger partial charge in [0.05, 0.1) is 19.3 Å². The third kappa shape index (κ3) is 5.21. The number of ether oxygens (including phenoxy) is 1. The lowest BCUT2D eigenvalue weighted by Gasteiger charge is -2.07. The molecular weight excluding hydrogens is 429 g/mol. The largest absolute Gasteiger partial charge is 0.497 e. The third-order valence-corrected chi connectivity index (χ3v) is 3.50. The van der Waals surface area contributed by atoms with Crippen molar-refractivity contribution in [3.63, 3.8) is 0 Å². The van der Waals surface area contributed by atoms with E-state index in [9.17, 15) is 0 Å². The number of nitrogens with two attached hydrogens (primary N) is 1. The van der Waals surface area contributed by atoms with Crippen LogP contribution in [0.15, 0.2) is 72.0 Å². The summed E-state index contributed by atoms with van der Waals surface area (Å²) in [5.74, 6) is 1.17. The van der Waals surface area contributed by atoms with Crippen LogP contribution in [0.2, 0.25) is 0 Å². The standard InChI is InChI=1S/C18H19N5O.HI/c1-24-17-9-5-15(6-10-17)22-18(19)20-13-14-3-7-16(8-4-14)23-12-2-11-21-23;/h2-12H,13H2,1H3,(H3,19,20,22);1H. The molecule has 0 unspecified atom stereocenters. The Morgan fingerprint density at radius 2 is 1.88 bits per heavy atom. The number of nitrogens with one attached hydrogen (secondary N) is 1. The van der Waals surface area contributed by atoms with Crippen molar-refractivity contribution in [1.29, 1.82) is 0 Å². The first-order valence-electron chi connectivity index (χ1n) is 7.54. The van der Waals surface area contributed by atoms with Gasteiger partial charge in [0, 0.05) is 18.1 Å². The van der Waals surface area contributed by atoms with E-state index in [0.29, 0.717) is 12.5 Å². The lowest BCUT2D eigenvalue weighted by molar-refractivity contribution is 0.415. The van der Waals surface area contributed by atoms with E-state index < -0.39 is 0 Å². The van der Waals surface area contributed by atoms with Crippen molar-refractivity contribution in [2.24, 2.45) is 10.7 Å². The molecule has 3 rings (SSSR count). The molecule has 7 heteroatoms. The van der Waals surface area contributed by atoms with Crippen LogP contribution in [-0.4, -0.2) is 22.8 Å². The fraction of sp³-hybridized carbons (Fsp3) is 0.111. The quantitative estimate of drug-likeness (QED) is 0.356. The van der Waals surface area contributed by atoms with Gasteiger partial charge in [0.2, 0.25) is 0 Å². The molecule has 6 nitrogen and oxygen atoms in total. The number of hydrogen-bond donors (Lipinski definition) is 2. The predicted octanol–water partition coefficient (Wildman–Crippen LogP) is 3.43. The van der Waals surface area contributed by atoms with E-state index in [1.54, 1.807) is 13.3 Å². The fourth-order valence-electron chi connectivity index (χ4n) is 2.21. The minimum atomic E-state index is 0. The van der Waals surface area contributed by atoms with E-state index in [1.165, 1.54) is 0 Å². The van der Waals surface area contributed by atoms with Crippen LogP contribution in [-0.2, 0) is 6.54 Å². The van der Waals surface area contributed by atoms with E-state index in [-0.39, 0.29) is 24.0 Å². The maximum absolute atomic E-state index is 5.92. The number of methoxy groups -OCH3 is 1. The Hall–Kier alpha value is -2.55. The highest BCUT2D eigenvalue weighted by Gasteiger charge is 1.99. The summed E-state index contributed by atoms with van der Waals surface area (Å²) in [4.78, 5) is 4.35. The monoisotopic (exact) mass is 449 g/mol. The molecule has 0 saturated carbocycles. The lowest BCUT2D eigenvalue weighted by atomic mass is 10.2. The van der Waals surface area contributed by atoms with Crippen LogP contribution >= 0.6 is 24.0 Å². The zero-order valence-corrected chi connectivity index (χ0v) is 16.1. The fourth-order valence-corrected chi connectivity index (χ4v) is 2.21. The van der Waals surface area contributed by atoms with Crippen LogP contribution in [0.4, 0.5) is 5.69 Å². The number of nitrogens with zero attached hydrogens (tertiary/aromatic N) is 3. The zero-order chi connectivity index (χ0) is 16.8. The summed E-state index contributed by atoms with van der Waals surface area (Å²) >= 11 is 0. The van der Waals surface area contributed by atoms with Crippen LogP contribution in [0, 0.1) is 0 Å². The van der Waals surface area contributed by atoms with Crippen LogP contribution in [0.5, 0.6) is 5.75 Å². The number of rotatable bonds is 5. The molecule has 0 bridgehead atoms. The van der Waals surface area contributed by atoms with Gasteiger partial charge in [-0.05, 0) is 48.0 Å². The summed E-state index contributed by atoms with van der Waals surface area (Å²) < 4.78 is 6.93. The average molecular weight is 449 g/mol. The van der Waals surface area contributed by atoms with Crippen LogP contribution in [0.1, 0.15) is 5.56 Å². The first kappa shape index (κ1) is 18.8. The molecule has 0 radical (unpaired) electrons. The first-order chi connectivity index (χ1) is 11.7. The Labute approximate surface area is 163 Å². The molecule has 0 aliphatic rings. The van der Waals surface area contributed by atoms with E-state index in [4.69, 9.17) is 10.5 Å². The number of halogens is 1. The highest BCUT2D eigenvalue weighted by atomic mass is 127. The summed E-state index contributed by atoms with van der Waals surface area (Å²) in [6, 6.07) is 17.4. The lowest BCUT2D eigenvalue weighted by Crippen LogP contribution is -2.22. The molecule has 0 saturated heterocycles. The second kappa shape index (κ2) is 9.07. The Balaban J connectivity index is 0.00000225. The molecule has 0 aliphatic carbocycles. The average Bonchev–Trinajstić information content (AvgIpc) is 3.16. The van der Waals surface area contributed by atoms with E-state index >= 15 is 0 Å². The van der Waals surface area contributed by atoms with Gasteiger partial charge < -0.3 is 15.8 Å². The number of guanidine groups is 1. The van der Waals surface area contributed by atoms with Gasteiger partial charge in [0.1, 0.15) is 5.75 Å². The number of hydrogen-bond acceptors (Lipinski definition) is 3. The van der Waals surface area contributed by atoms with Gasteiger partial charge in [-0.25, -0.2) is 9.67 Å². The van der Waals surface area contributed by atoms with Crippen molar-refractivity contribution >= 4 is 35.6 Å². The number of aliphatic imine (C=N–C) groups is 1. The van der Waals surface area contributed by atoms with Gasteiger partial charge in [-0.3, -0.25) is 0 Å². The molecule has 25 heavy (non-hydrogen) atoms. The number of anilines is 1. The summed E-state index contributed by atoms with van der Waals surface area (Å²) in [7, 11) is 1.63. The summed E-state index contributed by atoms with van der Waals surface area (Å²) in [6.07, 6.45) is 3.66. The van der Waals surface area contributed by atoms with Gasteiger partial charge in [-0.2, -0.15) is 5.10 Å². The zero-order valence-electron chi connectivity index (χ0n) is 13.8. The van der Waals surface area contributed by atoms with Crippen LogP contribution in [0.25, 0.3) is 5.69 Å². The third-order valence-electron chi connectivity index (χ3n) is 3.50. The molecule has 0 spiro atoms.